The van der Waals surface area contributed by atoms with Crippen molar-refractivity contribution in [2.45, 2.75) is 13.2 Å². The molecule has 0 spiro atoms. The molecule has 0 radical (unpaired) electrons. The number of aryl methyl sites for hydroxylation is 1. The molecule has 0 unspecified atom stereocenters. The summed E-state index contributed by atoms with van der Waals surface area (Å²) < 4.78 is 35.9. The molecule has 0 amide bonds. The van der Waals surface area contributed by atoms with Crippen molar-refractivity contribution in [2.24, 2.45) is 0 Å². The van der Waals surface area contributed by atoms with E-state index in [0.717, 1.165) is 33.3 Å². The minimum absolute atomic E-state index is 0.0200. The first-order valence-electron chi connectivity index (χ1n) is 11.0. The van der Waals surface area contributed by atoms with Gasteiger partial charge in [0.15, 0.2) is 11.5 Å². The van der Waals surface area contributed by atoms with Crippen molar-refractivity contribution < 1.29 is 18.3 Å². The smallest absolute Gasteiger partial charge is 0.395 e. The number of alkyl halides is 2. The van der Waals surface area contributed by atoms with Crippen LogP contribution in [0.3, 0.4) is 0 Å². The van der Waals surface area contributed by atoms with E-state index in [1.807, 2.05) is 43.3 Å². The lowest BCUT2D eigenvalue weighted by Crippen LogP contribution is -2.25. The Labute approximate surface area is 204 Å². The number of ether oxygens (including phenoxy) is 2. The molecule has 5 aromatic rings. The molecule has 2 aromatic carbocycles. The van der Waals surface area contributed by atoms with Gasteiger partial charge < -0.3 is 20.1 Å². The number of aromatic nitrogens is 4. The lowest BCUT2D eigenvalue weighted by atomic mass is 10.0. The van der Waals surface area contributed by atoms with E-state index >= 15 is 0 Å². The molecule has 0 bridgehead atoms. The van der Waals surface area contributed by atoms with Crippen LogP contribution in [0, 0.1) is 6.92 Å². The SMILES string of the molecule is Cc1ccc2c(Nc3ccc4c(c3)OC(F)(F)O4)nccc2c1Nc1ncccc1-c1ccncn1. The Morgan fingerprint density at radius 1 is 0.778 bits per heavy atom. The van der Waals surface area contributed by atoms with Crippen LogP contribution in [0.2, 0.25) is 0 Å². The van der Waals surface area contributed by atoms with E-state index in [1.54, 1.807) is 24.7 Å². The molecular weight excluding hydrogens is 466 g/mol. The molecule has 0 saturated heterocycles. The summed E-state index contributed by atoms with van der Waals surface area (Å²) in [6.07, 6.45) is 2.90. The predicted molar refractivity (Wildman–Crippen MR) is 131 cm³/mol. The van der Waals surface area contributed by atoms with Crippen LogP contribution in [-0.4, -0.2) is 26.2 Å². The second-order valence-corrected chi connectivity index (χ2v) is 8.09. The number of hydrogen-bond donors (Lipinski definition) is 2. The van der Waals surface area contributed by atoms with E-state index in [-0.39, 0.29) is 11.5 Å². The summed E-state index contributed by atoms with van der Waals surface area (Å²) in [5.74, 6) is 1.14. The molecule has 8 nitrogen and oxygen atoms in total. The minimum Gasteiger partial charge on any atom is -0.395 e. The molecule has 0 saturated carbocycles. The second-order valence-electron chi connectivity index (χ2n) is 8.09. The third kappa shape index (κ3) is 3.98. The maximum atomic E-state index is 13.4. The summed E-state index contributed by atoms with van der Waals surface area (Å²) in [6.45, 7) is 2.00. The van der Waals surface area contributed by atoms with Crippen LogP contribution in [0.1, 0.15) is 5.56 Å². The molecule has 4 heterocycles. The number of nitrogens with zero attached hydrogens (tertiary/aromatic N) is 4. The number of pyridine rings is 2. The Morgan fingerprint density at radius 3 is 2.50 bits per heavy atom. The third-order valence-electron chi connectivity index (χ3n) is 5.73. The highest BCUT2D eigenvalue weighted by Gasteiger charge is 2.43. The Hall–Kier alpha value is -4.86. The Morgan fingerprint density at radius 2 is 1.64 bits per heavy atom. The fourth-order valence-electron chi connectivity index (χ4n) is 4.07. The number of rotatable bonds is 5. The van der Waals surface area contributed by atoms with Crippen molar-refractivity contribution in [3.8, 4) is 22.8 Å². The highest BCUT2D eigenvalue weighted by atomic mass is 19.3. The van der Waals surface area contributed by atoms with E-state index in [0.29, 0.717) is 17.3 Å². The lowest BCUT2D eigenvalue weighted by molar-refractivity contribution is -0.286. The molecular formula is C26H18F2N6O2. The van der Waals surface area contributed by atoms with Gasteiger partial charge in [0, 0.05) is 46.7 Å². The van der Waals surface area contributed by atoms with Crippen LogP contribution in [-0.2, 0) is 0 Å². The van der Waals surface area contributed by atoms with E-state index in [4.69, 9.17) is 0 Å². The normalized spacial score (nSPS) is 13.5. The summed E-state index contributed by atoms with van der Waals surface area (Å²) in [5, 5.41) is 8.40. The fourth-order valence-corrected chi connectivity index (χ4v) is 4.07. The van der Waals surface area contributed by atoms with Crippen LogP contribution in [0.5, 0.6) is 11.5 Å². The Kier molecular flexibility index (Phi) is 5.06. The van der Waals surface area contributed by atoms with Gasteiger partial charge in [-0.25, -0.2) is 19.9 Å². The Bertz CT molecular complexity index is 1600. The monoisotopic (exact) mass is 484 g/mol. The number of fused-ring (bicyclic) bond motifs is 2. The largest absolute Gasteiger partial charge is 0.586 e. The van der Waals surface area contributed by atoms with Gasteiger partial charge in [-0.1, -0.05) is 12.1 Å². The van der Waals surface area contributed by atoms with Gasteiger partial charge in [0.1, 0.15) is 18.0 Å². The zero-order valence-corrected chi connectivity index (χ0v) is 18.9. The average molecular weight is 484 g/mol. The van der Waals surface area contributed by atoms with E-state index in [2.05, 4.69) is 40.0 Å². The maximum absolute atomic E-state index is 13.4. The van der Waals surface area contributed by atoms with Crippen molar-refractivity contribution in [1.82, 2.24) is 19.9 Å². The molecule has 10 heteroatoms. The van der Waals surface area contributed by atoms with Crippen LogP contribution < -0.4 is 20.1 Å². The van der Waals surface area contributed by atoms with Crippen LogP contribution in [0.4, 0.5) is 31.8 Å². The van der Waals surface area contributed by atoms with E-state index < -0.39 is 6.29 Å². The van der Waals surface area contributed by atoms with Crippen LogP contribution in [0.25, 0.3) is 22.0 Å². The summed E-state index contributed by atoms with van der Waals surface area (Å²) in [7, 11) is 0. The quantitative estimate of drug-likeness (QED) is 0.304. The second kappa shape index (κ2) is 8.42. The van der Waals surface area contributed by atoms with E-state index in [1.165, 1.54) is 18.5 Å². The number of hydrogen-bond acceptors (Lipinski definition) is 8. The Balaban J connectivity index is 1.37. The van der Waals surface area contributed by atoms with Crippen molar-refractivity contribution in [3.05, 3.63) is 85.1 Å². The van der Waals surface area contributed by atoms with Crippen molar-refractivity contribution in [2.75, 3.05) is 10.6 Å². The topological polar surface area (TPSA) is 94.1 Å². The molecule has 1 aliphatic rings. The molecule has 0 fully saturated rings. The number of anilines is 4. The molecule has 36 heavy (non-hydrogen) atoms. The van der Waals surface area contributed by atoms with Gasteiger partial charge in [-0.2, -0.15) is 0 Å². The summed E-state index contributed by atoms with van der Waals surface area (Å²) in [6, 6.07) is 16.0. The van der Waals surface area contributed by atoms with Gasteiger partial charge in [-0.3, -0.25) is 0 Å². The first-order chi connectivity index (χ1) is 17.5. The van der Waals surface area contributed by atoms with Gasteiger partial charge >= 0.3 is 6.29 Å². The lowest BCUT2D eigenvalue weighted by Gasteiger charge is -2.16. The van der Waals surface area contributed by atoms with Gasteiger partial charge in [0.25, 0.3) is 0 Å². The molecule has 178 valence electrons. The molecule has 0 aliphatic carbocycles. The van der Waals surface area contributed by atoms with Gasteiger partial charge in [0.2, 0.25) is 0 Å². The van der Waals surface area contributed by atoms with Gasteiger partial charge in [-0.15, -0.1) is 8.78 Å². The van der Waals surface area contributed by atoms with Crippen molar-refractivity contribution >= 4 is 33.8 Å². The number of nitrogens with one attached hydrogen (secondary N) is 2. The number of halogens is 2. The third-order valence-corrected chi connectivity index (χ3v) is 5.73. The highest BCUT2D eigenvalue weighted by molar-refractivity contribution is 6.03. The van der Waals surface area contributed by atoms with E-state index in [9.17, 15) is 8.78 Å². The van der Waals surface area contributed by atoms with Gasteiger partial charge in [0.05, 0.1) is 11.4 Å². The molecule has 2 N–H and O–H groups in total. The molecule has 3 aromatic heterocycles. The zero-order chi connectivity index (χ0) is 24.7. The predicted octanol–water partition coefficient (Wildman–Crippen LogP) is 6.20. The first kappa shape index (κ1) is 21.7. The molecule has 6 rings (SSSR count). The summed E-state index contributed by atoms with van der Waals surface area (Å²) >= 11 is 0. The maximum Gasteiger partial charge on any atom is 0.586 e. The average Bonchev–Trinajstić information content (AvgIpc) is 3.20. The first-order valence-corrected chi connectivity index (χ1v) is 11.0. The van der Waals surface area contributed by atoms with Gasteiger partial charge in [-0.05, 0) is 48.9 Å². The molecule has 0 atom stereocenters. The zero-order valence-electron chi connectivity index (χ0n) is 18.9. The van der Waals surface area contributed by atoms with Crippen molar-refractivity contribution in [1.29, 1.82) is 0 Å². The van der Waals surface area contributed by atoms with Crippen LogP contribution in [0.15, 0.2) is 79.5 Å². The van der Waals surface area contributed by atoms with Crippen LogP contribution >= 0.6 is 0 Å². The summed E-state index contributed by atoms with van der Waals surface area (Å²) in [4.78, 5) is 17.4. The standard InChI is InChI=1S/C26H18F2N6O2/c1-15-4-6-18-17(23(15)34-25-19(3-2-10-30-25)20-9-11-29-14-32-20)8-12-31-24(18)33-16-5-7-21-22(13-16)36-26(27,28)35-21/h2-14H,1H3,(H,30,34)(H,31,33). The molecule has 1 aliphatic heterocycles. The highest BCUT2D eigenvalue weighted by Crippen LogP contribution is 2.43. The fraction of sp³-hybridized carbons (Fsp3) is 0.0769. The minimum atomic E-state index is -3.67. The number of benzene rings is 2. The van der Waals surface area contributed by atoms with Crippen molar-refractivity contribution in [3.63, 3.8) is 0 Å². The summed E-state index contributed by atoms with van der Waals surface area (Å²) in [5.41, 5.74) is 3.97.